The van der Waals surface area contributed by atoms with Gasteiger partial charge in [0.1, 0.15) is 5.69 Å². The van der Waals surface area contributed by atoms with Crippen LogP contribution in [0.3, 0.4) is 0 Å². The third-order valence-corrected chi connectivity index (χ3v) is 8.82. The lowest BCUT2D eigenvalue weighted by Gasteiger charge is -2.26. The van der Waals surface area contributed by atoms with Crippen LogP contribution in [0, 0.1) is 6.92 Å². The van der Waals surface area contributed by atoms with Crippen LogP contribution in [-0.4, -0.2) is 49.2 Å². The fourth-order valence-corrected chi connectivity index (χ4v) is 6.48. The molecule has 0 saturated carbocycles. The summed E-state index contributed by atoms with van der Waals surface area (Å²) in [6, 6.07) is 27.7. The first kappa shape index (κ1) is 23.5. The molecular formula is C29H26N4O3S. The molecule has 0 bridgehead atoms. The van der Waals surface area contributed by atoms with E-state index in [4.69, 9.17) is 4.74 Å². The monoisotopic (exact) mass is 510 g/mol. The zero-order valence-electron chi connectivity index (χ0n) is 20.4. The van der Waals surface area contributed by atoms with E-state index in [1.54, 1.807) is 6.07 Å². The average Bonchev–Trinajstić information content (AvgIpc) is 2.94. The van der Waals surface area contributed by atoms with Gasteiger partial charge in [-0.2, -0.15) is 4.31 Å². The van der Waals surface area contributed by atoms with E-state index in [0.717, 1.165) is 27.2 Å². The Hall–Kier alpha value is -3.85. The molecule has 0 aliphatic carbocycles. The summed E-state index contributed by atoms with van der Waals surface area (Å²) in [5.41, 5.74) is 2.98. The molecule has 1 aromatic heterocycles. The van der Waals surface area contributed by atoms with Crippen molar-refractivity contribution in [3.8, 4) is 11.3 Å². The summed E-state index contributed by atoms with van der Waals surface area (Å²) in [6.07, 6.45) is 0. The number of hydrogen-bond donors (Lipinski definition) is 1. The van der Waals surface area contributed by atoms with Crippen LogP contribution in [-0.2, 0) is 14.8 Å². The summed E-state index contributed by atoms with van der Waals surface area (Å²) < 4.78 is 33.7. The van der Waals surface area contributed by atoms with Crippen LogP contribution < -0.4 is 5.32 Å². The van der Waals surface area contributed by atoms with E-state index in [1.165, 1.54) is 4.31 Å². The third-order valence-electron chi connectivity index (χ3n) is 6.78. The van der Waals surface area contributed by atoms with Gasteiger partial charge in [0.15, 0.2) is 5.82 Å². The lowest BCUT2D eigenvalue weighted by atomic mass is 10.0. The number of rotatable bonds is 5. The molecule has 0 unspecified atom stereocenters. The first-order valence-corrected chi connectivity index (χ1v) is 13.7. The van der Waals surface area contributed by atoms with Crippen molar-refractivity contribution in [1.82, 2.24) is 14.5 Å². The van der Waals surface area contributed by atoms with E-state index in [1.807, 2.05) is 67.6 Å². The Labute approximate surface area is 215 Å². The number of aryl methyl sites for hydroxylation is 1. The highest BCUT2D eigenvalue weighted by Gasteiger charge is 2.28. The van der Waals surface area contributed by atoms with Gasteiger partial charge in [0, 0.05) is 40.5 Å². The Balaban J connectivity index is 1.44. The molecular weight excluding hydrogens is 484 g/mol. The summed E-state index contributed by atoms with van der Waals surface area (Å²) in [5.74, 6) is 0.643. The molecule has 1 aliphatic rings. The number of morpholine rings is 1. The van der Waals surface area contributed by atoms with E-state index in [2.05, 4.69) is 33.7 Å². The van der Waals surface area contributed by atoms with Gasteiger partial charge in [-0.1, -0.05) is 72.8 Å². The summed E-state index contributed by atoms with van der Waals surface area (Å²) in [7, 11) is -3.65. The first-order valence-electron chi connectivity index (χ1n) is 12.2. The fraction of sp³-hybridized carbons (Fsp3) is 0.172. The quantitative estimate of drug-likeness (QED) is 0.335. The molecule has 37 heavy (non-hydrogen) atoms. The number of sulfonamides is 1. The van der Waals surface area contributed by atoms with Crippen LogP contribution >= 0.6 is 0 Å². The normalized spacial score (nSPS) is 14.7. The van der Waals surface area contributed by atoms with Crippen molar-refractivity contribution in [2.45, 2.75) is 11.8 Å². The van der Waals surface area contributed by atoms with Gasteiger partial charge in [-0.05, 0) is 30.0 Å². The smallest absolute Gasteiger partial charge is 0.243 e. The molecule has 5 aromatic rings. The fourth-order valence-electron chi connectivity index (χ4n) is 4.82. The molecule has 0 atom stereocenters. The lowest BCUT2D eigenvalue weighted by molar-refractivity contribution is 0.0730. The van der Waals surface area contributed by atoms with Gasteiger partial charge in [0.05, 0.1) is 18.1 Å². The Bertz CT molecular complexity index is 1730. The molecule has 1 N–H and O–H groups in total. The number of fused-ring (bicyclic) bond motifs is 2. The molecule has 6 rings (SSSR count). The van der Waals surface area contributed by atoms with Crippen molar-refractivity contribution in [1.29, 1.82) is 0 Å². The number of anilines is 2. The van der Waals surface area contributed by atoms with Crippen LogP contribution in [0.4, 0.5) is 11.5 Å². The lowest BCUT2D eigenvalue weighted by Crippen LogP contribution is -2.40. The average molecular weight is 511 g/mol. The van der Waals surface area contributed by atoms with Crippen LogP contribution in [0.2, 0.25) is 0 Å². The van der Waals surface area contributed by atoms with Gasteiger partial charge in [0.25, 0.3) is 0 Å². The molecule has 1 aliphatic heterocycles. The third kappa shape index (κ3) is 4.33. The molecule has 0 spiro atoms. The number of benzene rings is 4. The second-order valence-corrected chi connectivity index (χ2v) is 11.0. The van der Waals surface area contributed by atoms with E-state index in [-0.39, 0.29) is 4.90 Å². The highest BCUT2D eigenvalue weighted by molar-refractivity contribution is 7.89. The highest BCUT2D eigenvalue weighted by Crippen LogP contribution is 2.34. The van der Waals surface area contributed by atoms with Gasteiger partial charge in [-0.15, -0.1) is 10.2 Å². The maximum absolute atomic E-state index is 13.4. The second-order valence-electron chi connectivity index (χ2n) is 9.09. The summed E-state index contributed by atoms with van der Waals surface area (Å²) >= 11 is 0. The molecule has 4 aromatic carbocycles. The predicted molar refractivity (Wildman–Crippen MR) is 147 cm³/mol. The number of aromatic nitrogens is 2. The zero-order chi connectivity index (χ0) is 25.4. The topological polar surface area (TPSA) is 84.4 Å². The van der Waals surface area contributed by atoms with E-state index >= 15 is 0 Å². The maximum Gasteiger partial charge on any atom is 0.243 e. The molecule has 1 saturated heterocycles. The molecule has 0 radical (unpaired) electrons. The largest absolute Gasteiger partial charge is 0.379 e. The Kier molecular flexibility index (Phi) is 6.08. The number of nitrogens with one attached hydrogen (secondary N) is 1. The van der Waals surface area contributed by atoms with E-state index < -0.39 is 10.0 Å². The summed E-state index contributed by atoms with van der Waals surface area (Å²) in [6.45, 7) is 3.32. The van der Waals surface area contributed by atoms with Gasteiger partial charge in [0.2, 0.25) is 10.0 Å². The minimum Gasteiger partial charge on any atom is -0.379 e. The number of nitrogens with zero attached hydrogens (tertiary/aromatic N) is 3. The van der Waals surface area contributed by atoms with Gasteiger partial charge < -0.3 is 10.1 Å². The first-order chi connectivity index (χ1) is 18.0. The van der Waals surface area contributed by atoms with Gasteiger partial charge in [-0.25, -0.2) is 8.42 Å². The summed E-state index contributed by atoms with van der Waals surface area (Å²) in [5, 5.41) is 16.6. The SMILES string of the molecule is Cc1ccc(-c2nnc(Nc3cccc4ccccc34)c3ccccc23)cc1S(=O)(=O)N1CCOCC1. The van der Waals surface area contributed by atoms with Crippen LogP contribution in [0.15, 0.2) is 89.8 Å². The molecule has 186 valence electrons. The Morgan fingerprint density at radius 1 is 0.811 bits per heavy atom. The van der Waals surface area contributed by atoms with Crippen molar-refractivity contribution in [3.63, 3.8) is 0 Å². The van der Waals surface area contributed by atoms with Crippen LogP contribution in [0.5, 0.6) is 0 Å². The standard InChI is InChI=1S/C29H26N4O3S/c1-20-13-14-22(19-27(20)37(34,35)33-15-17-36-18-16-33)28-24-10-4-5-11-25(24)29(32-31-28)30-26-12-6-8-21-7-2-3-9-23(21)26/h2-14,19H,15-18H2,1H3,(H,30,32). The van der Waals surface area contributed by atoms with E-state index in [9.17, 15) is 8.42 Å². The highest BCUT2D eigenvalue weighted by atomic mass is 32.2. The number of ether oxygens (including phenoxy) is 1. The van der Waals surface area contributed by atoms with E-state index in [0.29, 0.717) is 48.9 Å². The van der Waals surface area contributed by atoms with Crippen molar-refractivity contribution in [2.24, 2.45) is 0 Å². The Morgan fingerprint density at radius 3 is 2.32 bits per heavy atom. The molecule has 2 heterocycles. The zero-order valence-corrected chi connectivity index (χ0v) is 21.2. The summed E-state index contributed by atoms with van der Waals surface area (Å²) in [4.78, 5) is 0.288. The molecule has 0 amide bonds. The minimum atomic E-state index is -3.65. The maximum atomic E-state index is 13.4. The van der Waals surface area contributed by atoms with Crippen molar-refractivity contribution in [2.75, 3.05) is 31.6 Å². The molecule has 1 fully saturated rings. The van der Waals surface area contributed by atoms with Crippen LogP contribution in [0.1, 0.15) is 5.56 Å². The second kappa shape index (κ2) is 9.55. The van der Waals surface area contributed by atoms with Crippen LogP contribution in [0.25, 0.3) is 32.8 Å². The van der Waals surface area contributed by atoms with Crippen molar-refractivity contribution < 1.29 is 13.2 Å². The van der Waals surface area contributed by atoms with Crippen molar-refractivity contribution >= 4 is 43.1 Å². The van der Waals surface area contributed by atoms with Gasteiger partial charge >= 0.3 is 0 Å². The predicted octanol–water partition coefficient (Wildman–Crippen LogP) is 5.52. The minimum absolute atomic E-state index is 0.288. The number of hydrogen-bond acceptors (Lipinski definition) is 6. The van der Waals surface area contributed by atoms with Crippen molar-refractivity contribution in [3.05, 3.63) is 90.5 Å². The molecule has 7 nitrogen and oxygen atoms in total. The molecule has 8 heteroatoms. The Morgan fingerprint density at radius 2 is 1.51 bits per heavy atom. The van der Waals surface area contributed by atoms with Gasteiger partial charge in [-0.3, -0.25) is 0 Å².